The topological polar surface area (TPSA) is 81.5 Å². The summed E-state index contributed by atoms with van der Waals surface area (Å²) in [5, 5.41) is 0.480. The molecule has 188 valence electrons. The van der Waals surface area contributed by atoms with Gasteiger partial charge >= 0.3 is 0 Å². The Morgan fingerprint density at radius 2 is 1.64 bits per heavy atom. The summed E-state index contributed by atoms with van der Waals surface area (Å²) in [5.74, 6) is 0.943. The van der Waals surface area contributed by atoms with Crippen LogP contribution in [0.15, 0.2) is 82.5 Å². The fourth-order valence-corrected chi connectivity index (χ4v) is 6.00. The summed E-state index contributed by atoms with van der Waals surface area (Å²) in [5.41, 5.74) is 2.09. The van der Waals surface area contributed by atoms with Crippen molar-refractivity contribution in [2.75, 3.05) is 13.7 Å². The van der Waals surface area contributed by atoms with E-state index >= 15 is 0 Å². The van der Waals surface area contributed by atoms with Crippen LogP contribution in [0.4, 0.5) is 0 Å². The molecular formula is C28H31N3O4S. The lowest BCUT2D eigenvalue weighted by molar-refractivity contribution is 0.327. The summed E-state index contributed by atoms with van der Waals surface area (Å²) in [4.78, 5) is 18.7. The van der Waals surface area contributed by atoms with Crippen LogP contribution in [0.3, 0.4) is 0 Å². The molecule has 7 nitrogen and oxygen atoms in total. The molecule has 0 saturated heterocycles. The van der Waals surface area contributed by atoms with Gasteiger partial charge in [-0.25, -0.2) is 13.4 Å². The van der Waals surface area contributed by atoms with Crippen molar-refractivity contribution in [3.63, 3.8) is 0 Å². The zero-order valence-electron chi connectivity index (χ0n) is 21.0. The Morgan fingerprint density at radius 1 is 0.972 bits per heavy atom. The smallest absolute Gasteiger partial charge is 0.266 e. The first kappa shape index (κ1) is 25.6. The molecule has 0 aliphatic carbocycles. The van der Waals surface area contributed by atoms with Crippen molar-refractivity contribution < 1.29 is 13.2 Å². The predicted molar refractivity (Wildman–Crippen MR) is 142 cm³/mol. The molecule has 1 aromatic heterocycles. The summed E-state index contributed by atoms with van der Waals surface area (Å²) in [7, 11) is -2.35. The highest BCUT2D eigenvalue weighted by atomic mass is 32.2. The van der Waals surface area contributed by atoms with Crippen molar-refractivity contribution in [1.29, 1.82) is 0 Å². The summed E-state index contributed by atoms with van der Waals surface area (Å²) in [6, 6.07) is 20.5. The molecule has 4 rings (SSSR count). The summed E-state index contributed by atoms with van der Waals surface area (Å²) in [6.07, 6.45) is 1.47. The highest BCUT2D eigenvalue weighted by Gasteiger charge is 2.32. The maximum atomic E-state index is 13.8. The van der Waals surface area contributed by atoms with Gasteiger partial charge in [-0.05, 0) is 73.9 Å². The quantitative estimate of drug-likeness (QED) is 0.315. The number of methoxy groups -OCH3 is 1. The van der Waals surface area contributed by atoms with Gasteiger partial charge in [0.2, 0.25) is 10.0 Å². The van der Waals surface area contributed by atoms with Gasteiger partial charge in [0.1, 0.15) is 11.6 Å². The van der Waals surface area contributed by atoms with Crippen molar-refractivity contribution in [2.45, 2.75) is 44.6 Å². The van der Waals surface area contributed by atoms with Crippen LogP contribution >= 0.6 is 0 Å². The molecule has 1 unspecified atom stereocenters. The first-order chi connectivity index (χ1) is 17.3. The van der Waals surface area contributed by atoms with Crippen molar-refractivity contribution in [1.82, 2.24) is 13.9 Å². The molecule has 8 heteroatoms. The molecule has 1 heterocycles. The van der Waals surface area contributed by atoms with Crippen LogP contribution in [0.1, 0.15) is 44.6 Å². The fourth-order valence-electron chi connectivity index (χ4n) is 4.31. The van der Waals surface area contributed by atoms with Gasteiger partial charge in [-0.2, -0.15) is 4.31 Å². The molecule has 0 spiro atoms. The fraction of sp³-hybridized carbons (Fsp3) is 0.286. The molecule has 0 fully saturated rings. The third-order valence-electron chi connectivity index (χ3n) is 6.32. The van der Waals surface area contributed by atoms with Gasteiger partial charge in [0.15, 0.2) is 0 Å². The zero-order valence-corrected chi connectivity index (χ0v) is 21.8. The predicted octanol–water partition coefficient (Wildman–Crippen LogP) is 5.12. The van der Waals surface area contributed by atoms with Crippen LogP contribution in [0, 0.1) is 0 Å². The molecule has 0 radical (unpaired) electrons. The molecule has 0 amide bonds. The van der Waals surface area contributed by atoms with E-state index in [1.165, 1.54) is 23.5 Å². The van der Waals surface area contributed by atoms with E-state index in [9.17, 15) is 13.2 Å². The lowest BCUT2D eigenvalue weighted by Crippen LogP contribution is -2.38. The number of fused-ring (bicyclic) bond motifs is 1. The molecule has 0 bridgehead atoms. The molecule has 0 aliphatic heterocycles. The van der Waals surface area contributed by atoms with Gasteiger partial charge in [0.25, 0.3) is 5.56 Å². The number of ether oxygens (including phenoxy) is 1. The molecule has 3 aromatic carbocycles. The first-order valence-electron chi connectivity index (χ1n) is 12.1. The van der Waals surface area contributed by atoms with Gasteiger partial charge in [0, 0.05) is 6.54 Å². The number of sulfonamides is 1. The minimum Gasteiger partial charge on any atom is -0.497 e. The first-order valence-corrected chi connectivity index (χ1v) is 13.5. The van der Waals surface area contributed by atoms with E-state index in [1.807, 2.05) is 37.3 Å². The second kappa shape index (κ2) is 10.6. The van der Waals surface area contributed by atoms with Crippen LogP contribution in [-0.2, 0) is 16.4 Å². The number of hydrogen-bond acceptors (Lipinski definition) is 5. The van der Waals surface area contributed by atoms with Crippen molar-refractivity contribution in [3.8, 4) is 11.4 Å². The van der Waals surface area contributed by atoms with E-state index in [0.29, 0.717) is 34.6 Å². The zero-order chi connectivity index (χ0) is 25.9. The van der Waals surface area contributed by atoms with Crippen molar-refractivity contribution in [2.24, 2.45) is 0 Å². The Morgan fingerprint density at radius 3 is 2.25 bits per heavy atom. The van der Waals surface area contributed by atoms with E-state index in [-0.39, 0.29) is 17.0 Å². The second-order valence-corrected chi connectivity index (χ2v) is 10.5. The van der Waals surface area contributed by atoms with Crippen LogP contribution in [0.5, 0.6) is 5.75 Å². The average molecular weight is 506 g/mol. The molecule has 0 N–H and O–H groups in total. The second-order valence-electron chi connectivity index (χ2n) is 8.61. The number of aryl methyl sites for hydroxylation is 1. The number of benzene rings is 3. The molecule has 36 heavy (non-hydrogen) atoms. The number of para-hydroxylation sites is 1. The molecule has 1 atom stereocenters. The van der Waals surface area contributed by atoms with Crippen molar-refractivity contribution in [3.05, 3.63) is 94.5 Å². The standard InChI is InChI=1S/C28H31N3O4S/c1-5-19-30(36(33,34)24-17-15-23(35-4)16-18-24)20(3)27-29-26-10-8-7-9-25(26)28(32)31(27)22-13-11-21(6-2)12-14-22/h7-18,20H,5-6,19H2,1-4H3. The Bertz CT molecular complexity index is 1510. The van der Waals surface area contributed by atoms with Crippen LogP contribution in [-0.4, -0.2) is 35.9 Å². The van der Waals surface area contributed by atoms with E-state index < -0.39 is 16.1 Å². The number of aromatic nitrogens is 2. The highest BCUT2D eigenvalue weighted by Crippen LogP contribution is 2.29. The summed E-state index contributed by atoms with van der Waals surface area (Å²) in [6.45, 7) is 6.05. The monoisotopic (exact) mass is 505 g/mol. The van der Waals surface area contributed by atoms with Gasteiger partial charge < -0.3 is 4.74 Å². The molecule has 0 saturated carbocycles. The Hall–Kier alpha value is -3.49. The average Bonchev–Trinajstić information content (AvgIpc) is 2.91. The van der Waals surface area contributed by atoms with Crippen LogP contribution < -0.4 is 10.3 Å². The highest BCUT2D eigenvalue weighted by molar-refractivity contribution is 7.89. The maximum Gasteiger partial charge on any atom is 0.266 e. The van der Waals surface area contributed by atoms with Gasteiger partial charge in [0.05, 0.1) is 34.6 Å². The van der Waals surface area contributed by atoms with Crippen LogP contribution in [0.2, 0.25) is 0 Å². The Balaban J connectivity index is 1.91. The normalized spacial score (nSPS) is 12.7. The summed E-state index contributed by atoms with van der Waals surface area (Å²) >= 11 is 0. The lowest BCUT2D eigenvalue weighted by atomic mass is 10.1. The lowest BCUT2D eigenvalue weighted by Gasteiger charge is -2.29. The number of nitrogens with zero attached hydrogens (tertiary/aromatic N) is 3. The van der Waals surface area contributed by atoms with E-state index in [4.69, 9.17) is 9.72 Å². The molecule has 0 aliphatic rings. The van der Waals surface area contributed by atoms with Crippen molar-refractivity contribution >= 4 is 20.9 Å². The van der Waals surface area contributed by atoms with Gasteiger partial charge in [-0.15, -0.1) is 0 Å². The van der Waals surface area contributed by atoms with E-state index in [2.05, 4.69) is 6.92 Å². The van der Waals surface area contributed by atoms with E-state index in [1.54, 1.807) is 41.8 Å². The molecular weight excluding hydrogens is 474 g/mol. The number of hydrogen-bond donors (Lipinski definition) is 0. The maximum absolute atomic E-state index is 13.8. The van der Waals surface area contributed by atoms with E-state index in [0.717, 1.165) is 12.0 Å². The van der Waals surface area contributed by atoms with Gasteiger partial charge in [-0.1, -0.05) is 38.1 Å². The Labute approximate surface area is 212 Å². The van der Waals surface area contributed by atoms with Gasteiger partial charge in [-0.3, -0.25) is 9.36 Å². The summed E-state index contributed by atoms with van der Waals surface area (Å²) < 4.78 is 35.7. The van der Waals surface area contributed by atoms with Crippen LogP contribution in [0.25, 0.3) is 16.6 Å². The molecule has 4 aromatic rings. The minimum atomic E-state index is -3.89. The minimum absolute atomic E-state index is 0.158. The largest absolute Gasteiger partial charge is 0.497 e. The third kappa shape index (κ3) is 4.79. The third-order valence-corrected chi connectivity index (χ3v) is 8.30. The number of rotatable bonds is 9. The Kier molecular flexibility index (Phi) is 7.56. The SMILES string of the molecule is CCCN(C(C)c1nc2ccccc2c(=O)n1-c1ccc(CC)cc1)S(=O)(=O)c1ccc(OC)cc1.